The summed E-state index contributed by atoms with van der Waals surface area (Å²) >= 11 is 5.87. The van der Waals surface area contributed by atoms with Gasteiger partial charge in [0.2, 0.25) is 0 Å². The molecule has 1 fully saturated rings. The molecule has 1 aliphatic heterocycles. The molecule has 4 nitrogen and oxygen atoms in total. The second-order valence-electron chi connectivity index (χ2n) is 5.35. The maximum absolute atomic E-state index is 12.0. The number of rotatable bonds is 4. The van der Waals surface area contributed by atoms with Crippen LogP contribution in [-0.2, 0) is 4.79 Å². The van der Waals surface area contributed by atoms with E-state index in [1.807, 2.05) is 0 Å². The average Bonchev–Trinajstić information content (AvgIpc) is 2.41. The summed E-state index contributed by atoms with van der Waals surface area (Å²) in [7, 11) is 0. The molecule has 3 unspecified atom stereocenters. The van der Waals surface area contributed by atoms with Gasteiger partial charge in [-0.05, 0) is 44.0 Å². The van der Waals surface area contributed by atoms with Crippen molar-refractivity contribution >= 4 is 29.9 Å². The van der Waals surface area contributed by atoms with Crippen molar-refractivity contribution in [3.63, 3.8) is 0 Å². The quantitative estimate of drug-likeness (QED) is 0.891. The van der Waals surface area contributed by atoms with Crippen LogP contribution in [0, 0.1) is 5.92 Å². The van der Waals surface area contributed by atoms with Crippen LogP contribution in [0.4, 0.5) is 0 Å². The lowest BCUT2D eigenvalue weighted by atomic mass is 9.89. The predicted molar refractivity (Wildman–Crippen MR) is 87.4 cm³/mol. The second kappa shape index (κ2) is 8.47. The third kappa shape index (κ3) is 5.38. The molecule has 21 heavy (non-hydrogen) atoms. The van der Waals surface area contributed by atoms with Crippen LogP contribution >= 0.6 is 24.0 Å². The summed E-state index contributed by atoms with van der Waals surface area (Å²) < 4.78 is 5.44. The molecule has 1 heterocycles. The zero-order valence-corrected chi connectivity index (χ0v) is 13.8. The van der Waals surface area contributed by atoms with E-state index in [4.69, 9.17) is 16.3 Å². The smallest absolute Gasteiger partial charge is 0.258 e. The van der Waals surface area contributed by atoms with Gasteiger partial charge in [-0.2, -0.15) is 0 Å². The number of ether oxygens (including phenoxy) is 1. The summed E-state index contributed by atoms with van der Waals surface area (Å²) in [4.78, 5) is 12.0. The molecule has 1 aromatic carbocycles. The molecule has 0 saturated carbocycles. The highest BCUT2D eigenvalue weighted by atomic mass is 35.5. The Hall–Kier alpha value is -0.970. The lowest BCUT2D eigenvalue weighted by Gasteiger charge is -2.35. The van der Waals surface area contributed by atoms with Crippen LogP contribution in [0.25, 0.3) is 0 Å². The van der Waals surface area contributed by atoms with Crippen molar-refractivity contribution in [1.29, 1.82) is 0 Å². The summed E-state index contributed by atoms with van der Waals surface area (Å²) in [6, 6.07) is 7.48. The summed E-state index contributed by atoms with van der Waals surface area (Å²) in [6.45, 7) is 5.28. The van der Waals surface area contributed by atoms with E-state index in [1.54, 1.807) is 24.3 Å². The Morgan fingerprint density at radius 1 is 1.48 bits per heavy atom. The molecule has 1 aliphatic rings. The number of piperidine rings is 1. The highest BCUT2D eigenvalue weighted by Gasteiger charge is 2.28. The van der Waals surface area contributed by atoms with E-state index in [9.17, 15) is 4.79 Å². The van der Waals surface area contributed by atoms with Gasteiger partial charge in [0.15, 0.2) is 6.61 Å². The summed E-state index contributed by atoms with van der Waals surface area (Å²) in [5.41, 5.74) is 0. The van der Waals surface area contributed by atoms with Gasteiger partial charge in [-0.25, -0.2) is 0 Å². The molecule has 0 radical (unpaired) electrons. The van der Waals surface area contributed by atoms with Gasteiger partial charge in [-0.1, -0.05) is 24.6 Å². The first-order valence-corrected chi connectivity index (χ1v) is 7.35. The van der Waals surface area contributed by atoms with Gasteiger partial charge in [0.25, 0.3) is 5.91 Å². The largest absolute Gasteiger partial charge is 0.484 e. The molecular formula is C15H22Cl2N2O2. The predicted octanol–water partition coefficient (Wildman–Crippen LogP) is 2.64. The fraction of sp³-hybridized carbons (Fsp3) is 0.533. The summed E-state index contributed by atoms with van der Waals surface area (Å²) in [5.74, 6) is 0.981. The van der Waals surface area contributed by atoms with Crippen molar-refractivity contribution in [2.45, 2.75) is 32.4 Å². The SMILES string of the molecule is CC1CCNC(C)C1NC(=O)COc1cccc(Cl)c1.Cl. The minimum Gasteiger partial charge on any atom is -0.484 e. The van der Waals surface area contributed by atoms with Crippen molar-refractivity contribution in [3.05, 3.63) is 29.3 Å². The van der Waals surface area contributed by atoms with Crippen LogP contribution in [0.2, 0.25) is 5.02 Å². The van der Waals surface area contributed by atoms with E-state index in [0.717, 1.165) is 13.0 Å². The Balaban J connectivity index is 0.00000220. The van der Waals surface area contributed by atoms with Crippen molar-refractivity contribution in [1.82, 2.24) is 10.6 Å². The average molecular weight is 333 g/mol. The summed E-state index contributed by atoms with van der Waals surface area (Å²) in [6.07, 6.45) is 1.07. The van der Waals surface area contributed by atoms with Gasteiger partial charge >= 0.3 is 0 Å². The van der Waals surface area contributed by atoms with Crippen LogP contribution in [-0.4, -0.2) is 31.1 Å². The number of hydrogen-bond acceptors (Lipinski definition) is 3. The normalized spacial score (nSPS) is 24.8. The molecular weight excluding hydrogens is 311 g/mol. The molecule has 2 rings (SSSR count). The minimum atomic E-state index is -0.0997. The van der Waals surface area contributed by atoms with Gasteiger partial charge in [0.05, 0.1) is 0 Å². The van der Waals surface area contributed by atoms with Crippen molar-refractivity contribution in [2.24, 2.45) is 5.92 Å². The second-order valence-corrected chi connectivity index (χ2v) is 5.78. The van der Waals surface area contributed by atoms with Crippen molar-refractivity contribution in [3.8, 4) is 5.75 Å². The first-order valence-electron chi connectivity index (χ1n) is 6.97. The molecule has 2 N–H and O–H groups in total. The number of nitrogens with one attached hydrogen (secondary N) is 2. The summed E-state index contributed by atoms with van der Waals surface area (Å²) in [5, 5.41) is 7.02. The van der Waals surface area contributed by atoms with E-state index >= 15 is 0 Å². The first kappa shape index (κ1) is 18.1. The Morgan fingerprint density at radius 3 is 2.90 bits per heavy atom. The highest BCUT2D eigenvalue weighted by Crippen LogP contribution is 2.18. The number of benzene rings is 1. The molecule has 3 atom stereocenters. The maximum atomic E-state index is 12.0. The molecule has 0 bridgehead atoms. The van der Waals surface area contributed by atoms with E-state index in [2.05, 4.69) is 24.5 Å². The standard InChI is InChI=1S/C15H21ClN2O2.ClH/c1-10-6-7-17-11(2)15(10)18-14(19)9-20-13-5-3-4-12(16)8-13;/h3-5,8,10-11,15,17H,6-7,9H2,1-2H3,(H,18,19);1H. The van der Waals surface area contributed by atoms with Crippen LogP contribution in [0.5, 0.6) is 5.75 Å². The van der Waals surface area contributed by atoms with E-state index in [0.29, 0.717) is 16.7 Å². The van der Waals surface area contributed by atoms with E-state index < -0.39 is 0 Å². The van der Waals surface area contributed by atoms with Crippen LogP contribution in [0.15, 0.2) is 24.3 Å². The molecule has 0 aromatic heterocycles. The van der Waals surface area contributed by atoms with Gasteiger partial charge < -0.3 is 15.4 Å². The molecule has 118 valence electrons. The number of halogens is 2. The van der Waals surface area contributed by atoms with Crippen molar-refractivity contribution < 1.29 is 9.53 Å². The first-order chi connectivity index (χ1) is 9.56. The molecule has 1 amide bonds. The van der Waals surface area contributed by atoms with E-state index in [1.165, 1.54) is 0 Å². The van der Waals surface area contributed by atoms with Gasteiger partial charge in [0, 0.05) is 17.1 Å². The Kier molecular flexibility index (Phi) is 7.29. The molecule has 6 heteroatoms. The number of hydrogen-bond donors (Lipinski definition) is 2. The number of carbonyl (C=O) groups excluding carboxylic acids is 1. The van der Waals surface area contributed by atoms with Gasteiger partial charge in [0.1, 0.15) is 5.75 Å². The third-order valence-electron chi connectivity index (χ3n) is 3.71. The number of amides is 1. The van der Waals surface area contributed by atoms with Gasteiger partial charge in [-0.3, -0.25) is 4.79 Å². The Labute approximate surface area is 137 Å². The lowest BCUT2D eigenvalue weighted by molar-refractivity contribution is -0.124. The van der Waals surface area contributed by atoms with E-state index in [-0.39, 0.29) is 37.0 Å². The monoisotopic (exact) mass is 332 g/mol. The topological polar surface area (TPSA) is 50.4 Å². The Bertz CT molecular complexity index is 461. The molecule has 1 aromatic rings. The highest BCUT2D eigenvalue weighted by molar-refractivity contribution is 6.30. The molecule has 0 spiro atoms. The zero-order valence-electron chi connectivity index (χ0n) is 12.3. The van der Waals surface area contributed by atoms with Crippen LogP contribution < -0.4 is 15.4 Å². The third-order valence-corrected chi connectivity index (χ3v) is 3.95. The molecule has 1 saturated heterocycles. The Morgan fingerprint density at radius 2 is 2.24 bits per heavy atom. The fourth-order valence-electron chi connectivity index (χ4n) is 2.54. The molecule has 0 aliphatic carbocycles. The zero-order chi connectivity index (χ0) is 14.5. The van der Waals surface area contributed by atoms with Crippen molar-refractivity contribution in [2.75, 3.05) is 13.2 Å². The number of carbonyl (C=O) groups is 1. The van der Waals surface area contributed by atoms with Crippen LogP contribution in [0.1, 0.15) is 20.3 Å². The van der Waals surface area contributed by atoms with Gasteiger partial charge in [-0.15, -0.1) is 12.4 Å². The van der Waals surface area contributed by atoms with Crippen LogP contribution in [0.3, 0.4) is 0 Å². The lowest BCUT2D eigenvalue weighted by Crippen LogP contribution is -2.56. The maximum Gasteiger partial charge on any atom is 0.258 e. The minimum absolute atomic E-state index is 0. The fourth-order valence-corrected chi connectivity index (χ4v) is 2.72.